The van der Waals surface area contributed by atoms with E-state index in [0.717, 1.165) is 18.6 Å². The standard InChI is InChI=1S/C22H32N2O5/c1-3-7-20(29-19-8-5-4-6-9-19)12-23-11-18(27)15-28-22-16(2)24-10-17(13-25)21(22)14-26/h4-6,8-10,18,20,23,25-27H,3,7,11-15H2,1-2H3. The number of aromatic nitrogens is 1. The third-order valence-corrected chi connectivity index (χ3v) is 4.56. The molecular formula is C22H32N2O5. The average molecular weight is 405 g/mol. The van der Waals surface area contributed by atoms with Crippen molar-refractivity contribution in [3.63, 3.8) is 0 Å². The lowest BCUT2D eigenvalue weighted by atomic mass is 10.1. The first-order chi connectivity index (χ1) is 14.1. The van der Waals surface area contributed by atoms with Crippen molar-refractivity contribution in [3.8, 4) is 11.5 Å². The first kappa shape index (κ1) is 23.1. The smallest absolute Gasteiger partial charge is 0.146 e. The molecule has 0 aliphatic rings. The molecule has 0 saturated heterocycles. The van der Waals surface area contributed by atoms with E-state index in [-0.39, 0.29) is 25.9 Å². The van der Waals surface area contributed by atoms with E-state index in [1.807, 2.05) is 30.3 Å². The van der Waals surface area contributed by atoms with Crippen LogP contribution < -0.4 is 14.8 Å². The van der Waals surface area contributed by atoms with Crippen LogP contribution in [-0.2, 0) is 13.2 Å². The number of benzene rings is 1. The Morgan fingerprint density at radius 1 is 1.10 bits per heavy atom. The monoisotopic (exact) mass is 404 g/mol. The van der Waals surface area contributed by atoms with Crippen molar-refractivity contribution < 1.29 is 24.8 Å². The normalized spacial score (nSPS) is 13.1. The number of ether oxygens (including phenoxy) is 2. The summed E-state index contributed by atoms with van der Waals surface area (Å²) in [5.74, 6) is 1.24. The van der Waals surface area contributed by atoms with E-state index in [2.05, 4.69) is 17.2 Å². The molecule has 1 aromatic heterocycles. The van der Waals surface area contributed by atoms with Crippen LogP contribution in [0.1, 0.15) is 36.6 Å². The van der Waals surface area contributed by atoms with Gasteiger partial charge < -0.3 is 30.1 Å². The predicted molar refractivity (Wildman–Crippen MR) is 111 cm³/mol. The van der Waals surface area contributed by atoms with Crippen molar-refractivity contribution in [2.24, 2.45) is 0 Å². The van der Waals surface area contributed by atoms with Crippen LogP contribution in [0.25, 0.3) is 0 Å². The van der Waals surface area contributed by atoms with Crippen LogP contribution in [0.5, 0.6) is 11.5 Å². The van der Waals surface area contributed by atoms with Crippen LogP contribution in [0.2, 0.25) is 0 Å². The van der Waals surface area contributed by atoms with Crippen LogP contribution in [0.4, 0.5) is 0 Å². The lowest BCUT2D eigenvalue weighted by molar-refractivity contribution is 0.0988. The lowest BCUT2D eigenvalue weighted by Gasteiger charge is -2.21. The molecule has 0 saturated carbocycles. The van der Waals surface area contributed by atoms with Gasteiger partial charge in [-0.15, -0.1) is 0 Å². The Kier molecular flexibility index (Phi) is 9.87. The van der Waals surface area contributed by atoms with E-state index in [1.54, 1.807) is 6.92 Å². The van der Waals surface area contributed by atoms with Crippen molar-refractivity contribution in [3.05, 3.63) is 53.3 Å². The van der Waals surface area contributed by atoms with E-state index in [9.17, 15) is 15.3 Å². The van der Waals surface area contributed by atoms with E-state index in [1.165, 1.54) is 6.20 Å². The maximum Gasteiger partial charge on any atom is 0.146 e. The third-order valence-electron chi connectivity index (χ3n) is 4.56. The Hall–Kier alpha value is -2.19. The van der Waals surface area contributed by atoms with Crippen LogP contribution in [-0.4, -0.2) is 52.2 Å². The highest BCUT2D eigenvalue weighted by molar-refractivity contribution is 5.41. The molecule has 0 fully saturated rings. The van der Waals surface area contributed by atoms with Gasteiger partial charge in [0, 0.05) is 30.4 Å². The number of aliphatic hydroxyl groups excluding tert-OH is 3. The van der Waals surface area contributed by atoms with Crippen LogP contribution in [0.15, 0.2) is 36.5 Å². The number of hydrogen-bond acceptors (Lipinski definition) is 7. The van der Waals surface area contributed by atoms with Gasteiger partial charge in [0.2, 0.25) is 0 Å². The second-order valence-corrected chi connectivity index (χ2v) is 6.96. The summed E-state index contributed by atoms with van der Waals surface area (Å²) in [6.07, 6.45) is 2.71. The molecule has 4 N–H and O–H groups in total. The summed E-state index contributed by atoms with van der Waals surface area (Å²) in [7, 11) is 0. The van der Waals surface area contributed by atoms with Gasteiger partial charge in [0.25, 0.3) is 0 Å². The second-order valence-electron chi connectivity index (χ2n) is 6.96. The van der Waals surface area contributed by atoms with E-state index in [0.29, 0.717) is 35.7 Å². The minimum atomic E-state index is -0.738. The minimum absolute atomic E-state index is 0.0178. The van der Waals surface area contributed by atoms with Gasteiger partial charge in [0.05, 0.1) is 18.9 Å². The summed E-state index contributed by atoms with van der Waals surface area (Å²) in [4.78, 5) is 4.17. The Balaban J connectivity index is 1.82. The zero-order chi connectivity index (χ0) is 21.1. The van der Waals surface area contributed by atoms with Crippen molar-refractivity contribution in [1.82, 2.24) is 10.3 Å². The summed E-state index contributed by atoms with van der Waals surface area (Å²) >= 11 is 0. The summed E-state index contributed by atoms with van der Waals surface area (Å²) in [5, 5.41) is 32.5. The van der Waals surface area contributed by atoms with Gasteiger partial charge in [-0.25, -0.2) is 0 Å². The highest BCUT2D eigenvalue weighted by atomic mass is 16.5. The molecule has 0 aliphatic heterocycles. The summed E-state index contributed by atoms with van der Waals surface area (Å²) in [5.41, 5.74) is 1.62. The lowest BCUT2D eigenvalue weighted by Crippen LogP contribution is -2.38. The van der Waals surface area contributed by atoms with Gasteiger partial charge in [-0.2, -0.15) is 0 Å². The number of hydrogen-bond donors (Lipinski definition) is 4. The predicted octanol–water partition coefficient (Wildman–Crippen LogP) is 1.95. The van der Waals surface area contributed by atoms with Gasteiger partial charge in [-0.3, -0.25) is 4.98 Å². The molecule has 0 amide bonds. The SMILES string of the molecule is CCCC(CNCC(O)COc1c(C)ncc(CO)c1CO)Oc1ccccc1. The van der Waals surface area contributed by atoms with E-state index < -0.39 is 6.10 Å². The topological polar surface area (TPSA) is 104 Å². The van der Waals surface area contributed by atoms with Crippen molar-refractivity contribution in [2.75, 3.05) is 19.7 Å². The van der Waals surface area contributed by atoms with Gasteiger partial charge in [-0.05, 0) is 25.5 Å². The largest absolute Gasteiger partial charge is 0.489 e. The molecular weight excluding hydrogens is 372 g/mol. The number of rotatable bonds is 13. The number of nitrogens with one attached hydrogen (secondary N) is 1. The molecule has 29 heavy (non-hydrogen) atoms. The molecule has 2 rings (SSSR count). The quantitative estimate of drug-likeness (QED) is 0.404. The van der Waals surface area contributed by atoms with Crippen molar-refractivity contribution in [1.29, 1.82) is 0 Å². The first-order valence-corrected chi connectivity index (χ1v) is 10.0. The maximum absolute atomic E-state index is 10.3. The fraction of sp³-hybridized carbons (Fsp3) is 0.500. The van der Waals surface area contributed by atoms with Crippen molar-refractivity contribution in [2.45, 2.75) is 52.1 Å². The summed E-state index contributed by atoms with van der Waals surface area (Å²) in [6.45, 7) is 4.38. The van der Waals surface area contributed by atoms with Gasteiger partial charge in [0.1, 0.15) is 30.3 Å². The van der Waals surface area contributed by atoms with Crippen LogP contribution in [0, 0.1) is 6.92 Å². The average Bonchev–Trinajstić information content (AvgIpc) is 2.73. The minimum Gasteiger partial charge on any atom is -0.489 e. The zero-order valence-corrected chi connectivity index (χ0v) is 17.2. The molecule has 0 aliphatic carbocycles. The van der Waals surface area contributed by atoms with Crippen molar-refractivity contribution >= 4 is 0 Å². The number of nitrogens with zero attached hydrogens (tertiary/aromatic N) is 1. The maximum atomic E-state index is 10.3. The zero-order valence-electron chi connectivity index (χ0n) is 17.2. The molecule has 7 nitrogen and oxygen atoms in total. The Morgan fingerprint density at radius 3 is 2.52 bits per heavy atom. The molecule has 0 radical (unpaired) electrons. The fourth-order valence-corrected chi connectivity index (χ4v) is 3.04. The third kappa shape index (κ3) is 7.29. The van der Waals surface area contributed by atoms with Gasteiger partial charge in [-0.1, -0.05) is 31.5 Å². The van der Waals surface area contributed by atoms with Crippen LogP contribution >= 0.6 is 0 Å². The molecule has 7 heteroatoms. The number of aryl methyl sites for hydroxylation is 1. The molecule has 1 aromatic carbocycles. The molecule has 2 atom stereocenters. The number of pyridine rings is 1. The number of para-hydroxylation sites is 1. The van der Waals surface area contributed by atoms with E-state index >= 15 is 0 Å². The Bertz CT molecular complexity index is 727. The van der Waals surface area contributed by atoms with Gasteiger partial charge in [0.15, 0.2) is 0 Å². The van der Waals surface area contributed by atoms with Gasteiger partial charge >= 0.3 is 0 Å². The molecule has 1 heterocycles. The number of aliphatic hydroxyl groups is 3. The highest BCUT2D eigenvalue weighted by Crippen LogP contribution is 2.25. The van der Waals surface area contributed by atoms with Crippen LogP contribution in [0.3, 0.4) is 0 Å². The summed E-state index contributed by atoms with van der Waals surface area (Å²) < 4.78 is 11.7. The molecule has 2 unspecified atom stereocenters. The molecule has 0 spiro atoms. The Morgan fingerprint density at radius 2 is 1.86 bits per heavy atom. The fourth-order valence-electron chi connectivity index (χ4n) is 3.04. The second kappa shape index (κ2) is 12.4. The molecule has 2 aromatic rings. The highest BCUT2D eigenvalue weighted by Gasteiger charge is 2.15. The molecule has 0 bridgehead atoms. The first-order valence-electron chi connectivity index (χ1n) is 10.0. The van der Waals surface area contributed by atoms with E-state index in [4.69, 9.17) is 9.47 Å². The molecule has 160 valence electrons. The Labute approximate surface area is 172 Å². The summed E-state index contributed by atoms with van der Waals surface area (Å²) in [6, 6.07) is 9.69.